The number of fused-ring (bicyclic) bond motifs is 1. The Hall–Kier alpha value is -1.76. The molecule has 0 radical (unpaired) electrons. The van der Waals surface area contributed by atoms with Crippen LogP contribution in [0.4, 0.5) is 5.69 Å². The second-order valence-electron chi connectivity index (χ2n) is 6.02. The third-order valence-electron chi connectivity index (χ3n) is 4.49. The Labute approximate surface area is 122 Å². The molecular weight excluding hydrogens is 242 g/mol. The Morgan fingerprint density at radius 2 is 1.75 bits per heavy atom. The van der Waals surface area contributed by atoms with E-state index in [1.54, 1.807) is 0 Å². The van der Waals surface area contributed by atoms with E-state index >= 15 is 0 Å². The molecule has 1 nitrogen and oxygen atoms in total. The maximum atomic E-state index is 3.60. The topological polar surface area (TPSA) is 12.0 Å². The van der Waals surface area contributed by atoms with Gasteiger partial charge < -0.3 is 5.32 Å². The highest BCUT2D eigenvalue weighted by Gasteiger charge is 2.13. The van der Waals surface area contributed by atoms with Crippen molar-refractivity contribution in [3.8, 4) is 0 Å². The lowest BCUT2D eigenvalue weighted by Gasteiger charge is -2.22. The lowest BCUT2D eigenvalue weighted by Crippen LogP contribution is -2.14. The van der Waals surface area contributed by atoms with E-state index in [0.29, 0.717) is 0 Å². The lowest BCUT2D eigenvalue weighted by atomic mass is 9.92. The lowest BCUT2D eigenvalue weighted by molar-refractivity contribution is 0.825. The van der Waals surface area contributed by atoms with Gasteiger partial charge in [-0.3, -0.25) is 0 Å². The van der Waals surface area contributed by atoms with Crippen LogP contribution in [0, 0.1) is 20.8 Å². The Morgan fingerprint density at radius 1 is 0.950 bits per heavy atom. The molecule has 0 aromatic heterocycles. The number of para-hydroxylation sites is 1. The average molecular weight is 265 g/mol. The van der Waals surface area contributed by atoms with E-state index in [-0.39, 0.29) is 0 Å². The number of hydrogen-bond donors (Lipinski definition) is 1. The SMILES string of the molecule is Cc1cc(C)c(Cc2cccc3c2NCCC3)cc1C. The second-order valence-corrected chi connectivity index (χ2v) is 6.02. The first-order valence-electron chi connectivity index (χ1n) is 7.56. The quantitative estimate of drug-likeness (QED) is 0.839. The Kier molecular flexibility index (Phi) is 3.52. The van der Waals surface area contributed by atoms with E-state index in [1.807, 2.05) is 0 Å². The molecule has 0 unspecified atom stereocenters. The molecule has 20 heavy (non-hydrogen) atoms. The van der Waals surface area contributed by atoms with Crippen molar-refractivity contribution in [1.29, 1.82) is 0 Å². The van der Waals surface area contributed by atoms with Gasteiger partial charge in [0.15, 0.2) is 0 Å². The van der Waals surface area contributed by atoms with Crippen molar-refractivity contribution in [3.63, 3.8) is 0 Å². The molecule has 1 N–H and O–H groups in total. The molecule has 0 spiro atoms. The van der Waals surface area contributed by atoms with Crippen molar-refractivity contribution in [2.75, 3.05) is 11.9 Å². The first-order chi connectivity index (χ1) is 9.65. The minimum absolute atomic E-state index is 1.03. The third-order valence-corrected chi connectivity index (χ3v) is 4.49. The van der Waals surface area contributed by atoms with Crippen molar-refractivity contribution in [1.82, 2.24) is 0 Å². The van der Waals surface area contributed by atoms with Gasteiger partial charge in [-0.05, 0) is 73.4 Å². The van der Waals surface area contributed by atoms with E-state index < -0.39 is 0 Å². The van der Waals surface area contributed by atoms with Gasteiger partial charge in [-0.25, -0.2) is 0 Å². The number of benzene rings is 2. The van der Waals surface area contributed by atoms with Gasteiger partial charge >= 0.3 is 0 Å². The van der Waals surface area contributed by atoms with E-state index in [1.165, 1.54) is 51.9 Å². The molecule has 0 amide bonds. The summed E-state index contributed by atoms with van der Waals surface area (Å²) in [7, 11) is 0. The summed E-state index contributed by atoms with van der Waals surface area (Å²) >= 11 is 0. The standard InChI is InChI=1S/C19H23N/c1-13-10-15(3)18(11-14(13)2)12-17-7-4-6-16-8-5-9-20-19(16)17/h4,6-7,10-11,20H,5,8-9,12H2,1-3H3. The van der Waals surface area contributed by atoms with Crippen LogP contribution in [0.3, 0.4) is 0 Å². The van der Waals surface area contributed by atoms with Crippen LogP contribution in [0.25, 0.3) is 0 Å². The predicted molar refractivity (Wildman–Crippen MR) is 86.7 cm³/mol. The molecule has 0 fully saturated rings. The molecule has 1 aliphatic heterocycles. The summed E-state index contributed by atoms with van der Waals surface area (Å²) < 4.78 is 0. The van der Waals surface area contributed by atoms with Gasteiger partial charge in [-0.15, -0.1) is 0 Å². The zero-order chi connectivity index (χ0) is 14.1. The van der Waals surface area contributed by atoms with Gasteiger partial charge in [0.1, 0.15) is 0 Å². The van der Waals surface area contributed by atoms with Crippen LogP contribution in [-0.2, 0) is 12.8 Å². The predicted octanol–water partition coefficient (Wildman–Crippen LogP) is 4.56. The molecule has 104 valence electrons. The Morgan fingerprint density at radius 3 is 2.60 bits per heavy atom. The summed E-state index contributed by atoms with van der Waals surface area (Å²) in [6.07, 6.45) is 3.49. The molecule has 1 aliphatic rings. The highest BCUT2D eigenvalue weighted by atomic mass is 14.9. The number of aryl methyl sites for hydroxylation is 4. The van der Waals surface area contributed by atoms with Gasteiger partial charge in [0, 0.05) is 12.2 Å². The van der Waals surface area contributed by atoms with Crippen molar-refractivity contribution < 1.29 is 0 Å². The molecule has 0 saturated carbocycles. The first-order valence-corrected chi connectivity index (χ1v) is 7.56. The summed E-state index contributed by atoms with van der Waals surface area (Å²) in [5.41, 5.74) is 9.94. The van der Waals surface area contributed by atoms with Crippen molar-refractivity contribution in [3.05, 3.63) is 63.7 Å². The molecule has 2 aromatic rings. The van der Waals surface area contributed by atoms with E-state index in [2.05, 4.69) is 56.4 Å². The monoisotopic (exact) mass is 265 g/mol. The molecule has 0 aliphatic carbocycles. The van der Waals surface area contributed by atoms with Gasteiger partial charge in [-0.1, -0.05) is 30.3 Å². The molecule has 0 atom stereocenters. The third kappa shape index (κ3) is 2.45. The number of rotatable bonds is 2. The molecule has 2 aromatic carbocycles. The second kappa shape index (κ2) is 5.32. The minimum Gasteiger partial charge on any atom is -0.385 e. The molecule has 0 bridgehead atoms. The fraction of sp³-hybridized carbons (Fsp3) is 0.368. The fourth-order valence-corrected chi connectivity index (χ4v) is 3.14. The van der Waals surface area contributed by atoms with Crippen LogP contribution in [0.5, 0.6) is 0 Å². The van der Waals surface area contributed by atoms with Crippen LogP contribution >= 0.6 is 0 Å². The Balaban J connectivity index is 1.98. The molecule has 1 heteroatoms. The van der Waals surface area contributed by atoms with Crippen LogP contribution in [0.1, 0.15) is 39.8 Å². The van der Waals surface area contributed by atoms with Crippen molar-refractivity contribution >= 4 is 5.69 Å². The van der Waals surface area contributed by atoms with Gasteiger partial charge in [-0.2, -0.15) is 0 Å². The highest BCUT2D eigenvalue weighted by Crippen LogP contribution is 2.29. The van der Waals surface area contributed by atoms with Crippen LogP contribution in [0.15, 0.2) is 30.3 Å². The van der Waals surface area contributed by atoms with Crippen molar-refractivity contribution in [2.45, 2.75) is 40.0 Å². The molecule has 1 heterocycles. The summed E-state index contributed by atoms with van der Waals surface area (Å²) in [6, 6.07) is 11.4. The van der Waals surface area contributed by atoms with E-state index in [0.717, 1.165) is 13.0 Å². The van der Waals surface area contributed by atoms with Gasteiger partial charge in [0.25, 0.3) is 0 Å². The van der Waals surface area contributed by atoms with E-state index in [4.69, 9.17) is 0 Å². The number of nitrogens with one attached hydrogen (secondary N) is 1. The van der Waals surface area contributed by atoms with Crippen LogP contribution in [-0.4, -0.2) is 6.54 Å². The van der Waals surface area contributed by atoms with Crippen LogP contribution < -0.4 is 5.32 Å². The number of anilines is 1. The number of hydrogen-bond acceptors (Lipinski definition) is 1. The maximum Gasteiger partial charge on any atom is 0.0408 e. The Bertz CT molecular complexity index is 640. The molecule has 0 saturated heterocycles. The molecule has 3 rings (SSSR count). The summed E-state index contributed by atoms with van der Waals surface area (Å²) in [5.74, 6) is 0. The fourth-order valence-electron chi connectivity index (χ4n) is 3.14. The van der Waals surface area contributed by atoms with Crippen molar-refractivity contribution in [2.24, 2.45) is 0 Å². The van der Waals surface area contributed by atoms with Gasteiger partial charge in [0.2, 0.25) is 0 Å². The zero-order valence-electron chi connectivity index (χ0n) is 12.7. The smallest absolute Gasteiger partial charge is 0.0408 e. The summed E-state index contributed by atoms with van der Waals surface area (Å²) in [5, 5.41) is 3.60. The largest absolute Gasteiger partial charge is 0.385 e. The van der Waals surface area contributed by atoms with Crippen LogP contribution in [0.2, 0.25) is 0 Å². The maximum absolute atomic E-state index is 3.60. The summed E-state index contributed by atoms with van der Waals surface area (Å²) in [6.45, 7) is 7.73. The summed E-state index contributed by atoms with van der Waals surface area (Å²) in [4.78, 5) is 0. The first kappa shape index (κ1) is 13.2. The minimum atomic E-state index is 1.03. The van der Waals surface area contributed by atoms with E-state index in [9.17, 15) is 0 Å². The average Bonchev–Trinajstić information content (AvgIpc) is 2.45. The highest BCUT2D eigenvalue weighted by molar-refractivity contribution is 5.60. The normalized spacial score (nSPS) is 13.8. The van der Waals surface area contributed by atoms with Gasteiger partial charge in [0.05, 0.1) is 0 Å². The molecular formula is C19H23N. The zero-order valence-corrected chi connectivity index (χ0v) is 12.7.